The van der Waals surface area contributed by atoms with E-state index in [0.29, 0.717) is 5.56 Å². The zero-order chi connectivity index (χ0) is 14.0. The van der Waals surface area contributed by atoms with Crippen LogP contribution in [0, 0.1) is 0 Å². The van der Waals surface area contributed by atoms with Gasteiger partial charge >= 0.3 is 5.69 Å². The van der Waals surface area contributed by atoms with E-state index >= 15 is 0 Å². The van der Waals surface area contributed by atoms with Gasteiger partial charge in [0.25, 0.3) is 5.56 Å². The highest BCUT2D eigenvalue weighted by Crippen LogP contribution is 2.17. The molecule has 0 amide bonds. The maximum atomic E-state index is 11.6. The number of nitrogens with two attached hydrogens (primary N) is 1. The van der Waals surface area contributed by atoms with Crippen molar-refractivity contribution in [3.8, 4) is 5.75 Å². The highest BCUT2D eigenvalue weighted by Gasteiger charge is 2.10. The summed E-state index contributed by atoms with van der Waals surface area (Å²) in [5, 5.41) is 12.4. The molecule has 0 atom stereocenters. The highest BCUT2D eigenvalue weighted by molar-refractivity contribution is 5.60. The normalized spacial score (nSPS) is 10.4. The summed E-state index contributed by atoms with van der Waals surface area (Å²) < 4.78 is 1.13. The molecule has 0 aliphatic rings. The van der Waals surface area contributed by atoms with Gasteiger partial charge in [0, 0.05) is 19.2 Å². The molecule has 0 saturated heterocycles. The van der Waals surface area contributed by atoms with Crippen molar-refractivity contribution in [3.05, 3.63) is 50.7 Å². The molecule has 0 unspecified atom stereocenters. The highest BCUT2D eigenvalue weighted by atomic mass is 16.3. The third-order valence-corrected chi connectivity index (χ3v) is 2.82. The van der Waals surface area contributed by atoms with E-state index in [9.17, 15) is 14.7 Å². The van der Waals surface area contributed by atoms with Gasteiger partial charge in [-0.05, 0) is 6.07 Å². The average molecular weight is 262 g/mol. The van der Waals surface area contributed by atoms with E-state index < -0.39 is 11.2 Å². The number of benzene rings is 1. The van der Waals surface area contributed by atoms with Gasteiger partial charge < -0.3 is 16.2 Å². The molecule has 0 bridgehead atoms. The third kappa shape index (κ3) is 2.44. The lowest BCUT2D eigenvalue weighted by Gasteiger charge is -2.11. The van der Waals surface area contributed by atoms with Gasteiger partial charge in [0.1, 0.15) is 17.3 Å². The Bertz CT molecular complexity index is 718. The number of para-hydroxylation sites is 1. The van der Waals surface area contributed by atoms with E-state index in [4.69, 9.17) is 5.73 Å². The fraction of sp³-hybridized carbons (Fsp3) is 0.167. The van der Waals surface area contributed by atoms with Gasteiger partial charge in [-0.3, -0.25) is 14.3 Å². The number of aromatic nitrogens is 2. The number of hydrogen-bond donors (Lipinski definition) is 4. The number of nitrogen functional groups attached to an aromatic ring is 1. The van der Waals surface area contributed by atoms with E-state index in [1.165, 1.54) is 7.05 Å². The van der Waals surface area contributed by atoms with Crippen molar-refractivity contribution in [1.29, 1.82) is 0 Å². The molecule has 7 nitrogen and oxygen atoms in total. The number of phenolic OH excluding ortho intramolecular Hbond substituents is 1. The zero-order valence-electron chi connectivity index (χ0n) is 10.3. The number of aromatic amines is 1. The largest absolute Gasteiger partial charge is 0.508 e. The molecule has 0 radical (unpaired) electrons. The lowest BCUT2D eigenvalue weighted by atomic mass is 10.2. The van der Waals surface area contributed by atoms with Gasteiger partial charge in [-0.1, -0.05) is 18.2 Å². The van der Waals surface area contributed by atoms with Crippen LogP contribution in [0.5, 0.6) is 5.75 Å². The van der Waals surface area contributed by atoms with Crippen LogP contribution in [0.15, 0.2) is 33.9 Å². The van der Waals surface area contributed by atoms with Crippen LogP contribution in [0.4, 0.5) is 11.5 Å². The van der Waals surface area contributed by atoms with Crippen molar-refractivity contribution in [2.75, 3.05) is 11.1 Å². The Morgan fingerprint density at radius 1 is 1.37 bits per heavy atom. The van der Waals surface area contributed by atoms with Crippen molar-refractivity contribution >= 4 is 11.5 Å². The molecule has 19 heavy (non-hydrogen) atoms. The van der Waals surface area contributed by atoms with E-state index in [1.807, 2.05) is 0 Å². The summed E-state index contributed by atoms with van der Waals surface area (Å²) in [6.45, 7) is 0.220. The molecule has 5 N–H and O–H groups in total. The van der Waals surface area contributed by atoms with Crippen molar-refractivity contribution in [3.63, 3.8) is 0 Å². The molecule has 1 heterocycles. The molecule has 0 aliphatic carbocycles. The molecule has 0 aliphatic heterocycles. The van der Waals surface area contributed by atoms with E-state index in [-0.39, 0.29) is 23.8 Å². The number of phenols is 1. The fourth-order valence-corrected chi connectivity index (χ4v) is 1.65. The van der Waals surface area contributed by atoms with Gasteiger partial charge in [0.05, 0.1) is 0 Å². The molecule has 1 aromatic carbocycles. The van der Waals surface area contributed by atoms with E-state index in [1.54, 1.807) is 24.3 Å². The summed E-state index contributed by atoms with van der Waals surface area (Å²) in [6, 6.07) is 6.73. The molecular weight excluding hydrogens is 248 g/mol. The Morgan fingerprint density at radius 3 is 2.74 bits per heavy atom. The third-order valence-electron chi connectivity index (χ3n) is 2.82. The average Bonchev–Trinajstić information content (AvgIpc) is 2.38. The van der Waals surface area contributed by atoms with Crippen LogP contribution in [0.25, 0.3) is 0 Å². The van der Waals surface area contributed by atoms with Crippen LogP contribution in [0.2, 0.25) is 0 Å². The van der Waals surface area contributed by atoms with Crippen LogP contribution < -0.4 is 22.3 Å². The standard InChI is InChI=1S/C12H14N4O3/c1-16-10(13)9(11(18)15-12(16)19)14-6-7-4-2-3-5-8(7)17/h2-5,14,17H,6,13H2,1H3,(H,15,18,19). The van der Waals surface area contributed by atoms with Gasteiger partial charge in [0.2, 0.25) is 0 Å². The summed E-state index contributed by atoms with van der Waals surface area (Å²) in [7, 11) is 1.46. The number of aromatic hydroxyl groups is 1. The number of nitrogens with one attached hydrogen (secondary N) is 2. The number of H-pyrrole nitrogens is 1. The van der Waals surface area contributed by atoms with Gasteiger partial charge in [-0.25, -0.2) is 4.79 Å². The summed E-state index contributed by atoms with van der Waals surface area (Å²) in [5.74, 6) is 0.166. The molecule has 2 rings (SSSR count). The van der Waals surface area contributed by atoms with Gasteiger partial charge in [-0.15, -0.1) is 0 Å². The maximum Gasteiger partial charge on any atom is 0.329 e. The lowest BCUT2D eigenvalue weighted by molar-refractivity contribution is 0.469. The second-order valence-electron chi connectivity index (χ2n) is 4.06. The summed E-state index contributed by atoms with van der Waals surface area (Å²) in [5.41, 5.74) is 5.27. The minimum absolute atomic E-state index is 0.0455. The predicted octanol–water partition coefficient (Wildman–Crippen LogP) is -0.0265. The van der Waals surface area contributed by atoms with Crippen LogP contribution in [-0.4, -0.2) is 14.7 Å². The second-order valence-corrected chi connectivity index (χ2v) is 4.06. The number of anilines is 2. The van der Waals surface area contributed by atoms with Crippen molar-refractivity contribution in [1.82, 2.24) is 9.55 Å². The first-order chi connectivity index (χ1) is 9.00. The number of hydrogen-bond acceptors (Lipinski definition) is 5. The molecule has 0 fully saturated rings. The molecule has 2 aromatic rings. The summed E-state index contributed by atoms with van der Waals surface area (Å²) >= 11 is 0. The fourth-order valence-electron chi connectivity index (χ4n) is 1.65. The van der Waals surface area contributed by atoms with E-state index in [0.717, 1.165) is 4.57 Å². The first-order valence-corrected chi connectivity index (χ1v) is 5.60. The molecular formula is C12H14N4O3. The molecule has 0 saturated carbocycles. The smallest absolute Gasteiger partial charge is 0.329 e. The molecule has 1 aromatic heterocycles. The van der Waals surface area contributed by atoms with Crippen LogP contribution >= 0.6 is 0 Å². The van der Waals surface area contributed by atoms with Crippen LogP contribution in [-0.2, 0) is 13.6 Å². The Hall–Kier alpha value is -2.70. The van der Waals surface area contributed by atoms with Crippen molar-refractivity contribution in [2.24, 2.45) is 7.05 Å². The van der Waals surface area contributed by atoms with Crippen LogP contribution in [0.3, 0.4) is 0 Å². The monoisotopic (exact) mass is 262 g/mol. The molecule has 100 valence electrons. The maximum absolute atomic E-state index is 11.6. The Kier molecular flexibility index (Phi) is 3.28. The Balaban J connectivity index is 2.31. The van der Waals surface area contributed by atoms with E-state index in [2.05, 4.69) is 10.3 Å². The number of rotatable bonds is 3. The molecule has 7 heteroatoms. The summed E-state index contributed by atoms with van der Waals surface area (Å²) in [6.07, 6.45) is 0. The molecule has 0 spiro atoms. The second kappa shape index (κ2) is 4.89. The van der Waals surface area contributed by atoms with Crippen LogP contribution in [0.1, 0.15) is 5.56 Å². The van der Waals surface area contributed by atoms with Crippen molar-refractivity contribution in [2.45, 2.75) is 6.54 Å². The first kappa shape index (κ1) is 12.7. The number of nitrogens with zero attached hydrogens (tertiary/aromatic N) is 1. The zero-order valence-corrected chi connectivity index (χ0v) is 10.3. The first-order valence-electron chi connectivity index (χ1n) is 5.60. The topological polar surface area (TPSA) is 113 Å². The summed E-state index contributed by atoms with van der Waals surface area (Å²) in [4.78, 5) is 25.1. The van der Waals surface area contributed by atoms with Crippen molar-refractivity contribution < 1.29 is 5.11 Å². The van der Waals surface area contributed by atoms with Gasteiger partial charge in [-0.2, -0.15) is 0 Å². The van der Waals surface area contributed by atoms with Gasteiger partial charge in [0.15, 0.2) is 0 Å². The quantitative estimate of drug-likeness (QED) is 0.620. The Labute approximate surface area is 108 Å². The lowest BCUT2D eigenvalue weighted by Crippen LogP contribution is -2.32. The predicted molar refractivity (Wildman–Crippen MR) is 72.1 cm³/mol. The minimum atomic E-state index is -0.587. The SMILES string of the molecule is Cn1c(N)c(NCc2ccccc2O)c(=O)[nH]c1=O. The Morgan fingerprint density at radius 2 is 2.05 bits per heavy atom. The minimum Gasteiger partial charge on any atom is -0.508 e.